The second kappa shape index (κ2) is 14.3. The predicted octanol–water partition coefficient (Wildman–Crippen LogP) is 3.91. The summed E-state index contributed by atoms with van der Waals surface area (Å²) in [4.78, 5) is 36.6. The van der Waals surface area contributed by atoms with Crippen molar-refractivity contribution in [2.45, 2.75) is 77.5 Å². The van der Waals surface area contributed by atoms with Crippen molar-refractivity contribution in [2.24, 2.45) is 5.92 Å². The number of nitrogens with one attached hydrogen (secondary N) is 2. The minimum atomic E-state index is -1.03. The Morgan fingerprint density at radius 2 is 1.67 bits per heavy atom. The Balaban J connectivity index is 2.20. The Morgan fingerprint density at radius 3 is 2.28 bits per heavy atom. The van der Waals surface area contributed by atoms with Crippen molar-refractivity contribution in [2.75, 3.05) is 0 Å². The molecule has 4 N–H and O–H groups in total. The number of aromatic hydroxyl groups is 1. The number of phenols is 1. The van der Waals surface area contributed by atoms with E-state index < -0.39 is 29.6 Å². The molecule has 0 saturated carbocycles. The number of hydrogen-bond acceptors (Lipinski definition) is 5. The Morgan fingerprint density at radius 1 is 0.972 bits per heavy atom. The first kappa shape index (κ1) is 29.0. The summed E-state index contributed by atoms with van der Waals surface area (Å²) < 4.78 is 13.4. The molecule has 196 valence electrons. The van der Waals surface area contributed by atoms with Crippen molar-refractivity contribution in [3.05, 3.63) is 65.5 Å². The molecule has 0 fully saturated rings. The summed E-state index contributed by atoms with van der Waals surface area (Å²) >= 11 is 0. The standard InChI is InChI=1S/C28H37FN2O5/c1-18(2)9-12-22(30-27(35)14-10-19(3)32)17-26(34)24(15-20-7-5-4-6-8-20)31-28(36)23-13-11-21(29)16-25(23)33/h4-8,11,13,16,18,22,24,26,33-34H,9-10,12,14-15,17H2,1-3H3,(H,30,35)(H,31,36)/t22?,24?,26-/m0/s1. The van der Waals surface area contributed by atoms with Crippen molar-refractivity contribution < 1.29 is 29.0 Å². The summed E-state index contributed by atoms with van der Waals surface area (Å²) in [6.45, 7) is 5.57. The zero-order valence-electron chi connectivity index (χ0n) is 21.2. The third-order valence-electron chi connectivity index (χ3n) is 5.97. The lowest BCUT2D eigenvalue weighted by atomic mass is 9.93. The van der Waals surface area contributed by atoms with Crippen LogP contribution in [0, 0.1) is 11.7 Å². The lowest BCUT2D eigenvalue weighted by Gasteiger charge is -2.29. The van der Waals surface area contributed by atoms with Crippen LogP contribution in [0.3, 0.4) is 0 Å². The van der Waals surface area contributed by atoms with E-state index in [1.807, 2.05) is 30.3 Å². The molecule has 0 aliphatic rings. The molecular weight excluding hydrogens is 463 g/mol. The zero-order chi connectivity index (χ0) is 26.7. The number of amides is 2. The molecule has 0 aliphatic heterocycles. The third-order valence-corrected chi connectivity index (χ3v) is 5.97. The average Bonchev–Trinajstić information content (AvgIpc) is 2.81. The fourth-order valence-electron chi connectivity index (χ4n) is 3.92. The highest BCUT2D eigenvalue weighted by atomic mass is 19.1. The van der Waals surface area contributed by atoms with Crippen LogP contribution in [0.25, 0.3) is 0 Å². The van der Waals surface area contributed by atoms with Gasteiger partial charge in [0.05, 0.1) is 17.7 Å². The van der Waals surface area contributed by atoms with E-state index in [1.54, 1.807) is 0 Å². The first-order valence-corrected chi connectivity index (χ1v) is 12.3. The van der Waals surface area contributed by atoms with Gasteiger partial charge in [-0.25, -0.2) is 4.39 Å². The summed E-state index contributed by atoms with van der Waals surface area (Å²) in [5, 5.41) is 26.9. The van der Waals surface area contributed by atoms with Gasteiger partial charge in [0.2, 0.25) is 5.91 Å². The smallest absolute Gasteiger partial charge is 0.255 e. The van der Waals surface area contributed by atoms with Gasteiger partial charge in [-0.2, -0.15) is 0 Å². The molecule has 0 spiro atoms. The summed E-state index contributed by atoms with van der Waals surface area (Å²) in [7, 11) is 0. The molecule has 8 heteroatoms. The van der Waals surface area contributed by atoms with E-state index in [2.05, 4.69) is 24.5 Å². The van der Waals surface area contributed by atoms with Crippen molar-refractivity contribution in [1.82, 2.24) is 10.6 Å². The quantitative estimate of drug-likeness (QED) is 0.314. The SMILES string of the molecule is CC(=O)CCC(=O)NC(CCC(C)C)C[C@H](O)C(Cc1ccccc1)NC(=O)c1ccc(F)cc1O. The molecule has 7 nitrogen and oxygen atoms in total. The number of benzene rings is 2. The van der Waals surface area contributed by atoms with Crippen molar-refractivity contribution in [3.63, 3.8) is 0 Å². The van der Waals surface area contributed by atoms with Gasteiger partial charge in [0.25, 0.3) is 5.91 Å². The van der Waals surface area contributed by atoms with E-state index in [4.69, 9.17) is 0 Å². The van der Waals surface area contributed by atoms with Crippen LogP contribution in [-0.4, -0.2) is 46.0 Å². The number of hydrogen-bond donors (Lipinski definition) is 4. The highest BCUT2D eigenvalue weighted by Gasteiger charge is 2.27. The lowest BCUT2D eigenvalue weighted by Crippen LogP contribution is -2.48. The van der Waals surface area contributed by atoms with E-state index in [0.29, 0.717) is 18.8 Å². The molecule has 2 aromatic carbocycles. The Kier molecular flexibility index (Phi) is 11.5. The van der Waals surface area contributed by atoms with Gasteiger partial charge in [-0.15, -0.1) is 0 Å². The number of carbonyl (C=O) groups excluding carboxylic acids is 3. The zero-order valence-corrected chi connectivity index (χ0v) is 21.2. The Hall–Kier alpha value is -3.26. The number of halogens is 1. The second-order valence-corrected chi connectivity index (χ2v) is 9.67. The minimum Gasteiger partial charge on any atom is -0.507 e. The molecule has 2 rings (SSSR count). The van der Waals surface area contributed by atoms with Gasteiger partial charge < -0.3 is 25.6 Å². The number of ketones is 1. The summed E-state index contributed by atoms with van der Waals surface area (Å²) in [6, 6.07) is 11.4. The van der Waals surface area contributed by atoms with Crippen molar-refractivity contribution in [1.29, 1.82) is 0 Å². The molecule has 2 amide bonds. The molecule has 0 bridgehead atoms. The van der Waals surface area contributed by atoms with Gasteiger partial charge in [-0.1, -0.05) is 44.2 Å². The molecule has 0 aromatic heterocycles. The van der Waals surface area contributed by atoms with Crippen LogP contribution in [0.2, 0.25) is 0 Å². The van der Waals surface area contributed by atoms with Gasteiger partial charge in [0, 0.05) is 24.9 Å². The lowest BCUT2D eigenvalue weighted by molar-refractivity contribution is -0.125. The molecule has 36 heavy (non-hydrogen) atoms. The van der Waals surface area contributed by atoms with Crippen LogP contribution < -0.4 is 10.6 Å². The Bertz CT molecular complexity index is 1010. The maximum atomic E-state index is 13.4. The largest absolute Gasteiger partial charge is 0.507 e. The van der Waals surface area contributed by atoms with E-state index >= 15 is 0 Å². The topological polar surface area (TPSA) is 116 Å². The summed E-state index contributed by atoms with van der Waals surface area (Å²) in [5.74, 6) is -1.74. The van der Waals surface area contributed by atoms with Crippen molar-refractivity contribution >= 4 is 17.6 Å². The number of aliphatic hydroxyl groups excluding tert-OH is 1. The van der Waals surface area contributed by atoms with Crippen LogP contribution in [0.5, 0.6) is 5.75 Å². The maximum absolute atomic E-state index is 13.4. The average molecular weight is 501 g/mol. The molecule has 0 aliphatic carbocycles. The molecular formula is C28H37FN2O5. The fourth-order valence-corrected chi connectivity index (χ4v) is 3.92. The van der Waals surface area contributed by atoms with Gasteiger partial charge >= 0.3 is 0 Å². The molecule has 0 radical (unpaired) electrons. The van der Waals surface area contributed by atoms with Crippen LogP contribution in [-0.2, 0) is 16.0 Å². The second-order valence-electron chi connectivity index (χ2n) is 9.67. The van der Waals surface area contributed by atoms with Crippen LogP contribution in [0.1, 0.15) is 68.8 Å². The normalized spacial score (nSPS) is 13.6. The van der Waals surface area contributed by atoms with Crippen LogP contribution in [0.15, 0.2) is 48.5 Å². The number of rotatable bonds is 14. The molecule has 2 unspecified atom stereocenters. The minimum absolute atomic E-state index is 0.0707. The predicted molar refractivity (Wildman–Crippen MR) is 136 cm³/mol. The molecule has 2 aromatic rings. The van der Waals surface area contributed by atoms with Gasteiger partial charge in [-0.3, -0.25) is 9.59 Å². The third kappa shape index (κ3) is 10.2. The number of Topliss-reactive ketones (excluding diaryl/α,β-unsaturated/α-hetero) is 1. The van der Waals surface area contributed by atoms with E-state index in [-0.39, 0.29) is 42.6 Å². The monoisotopic (exact) mass is 500 g/mol. The van der Waals surface area contributed by atoms with E-state index in [0.717, 1.165) is 24.1 Å². The van der Waals surface area contributed by atoms with Crippen molar-refractivity contribution in [3.8, 4) is 5.75 Å². The first-order valence-electron chi connectivity index (χ1n) is 12.3. The molecule has 0 saturated heterocycles. The van der Waals surface area contributed by atoms with Gasteiger partial charge in [0.1, 0.15) is 17.3 Å². The van der Waals surface area contributed by atoms with Crippen LogP contribution in [0.4, 0.5) is 4.39 Å². The number of aliphatic hydroxyl groups is 1. The highest BCUT2D eigenvalue weighted by Crippen LogP contribution is 2.20. The summed E-state index contributed by atoms with van der Waals surface area (Å²) in [5.41, 5.74) is 0.782. The number of phenolic OH excluding ortho intramolecular Hbond substituents is 1. The van der Waals surface area contributed by atoms with Crippen LogP contribution >= 0.6 is 0 Å². The van der Waals surface area contributed by atoms with Gasteiger partial charge in [0.15, 0.2) is 0 Å². The highest BCUT2D eigenvalue weighted by molar-refractivity contribution is 5.97. The number of carbonyl (C=O) groups is 3. The maximum Gasteiger partial charge on any atom is 0.255 e. The first-order chi connectivity index (χ1) is 17.0. The molecule has 0 heterocycles. The summed E-state index contributed by atoms with van der Waals surface area (Å²) in [6.07, 6.45) is 1.16. The van der Waals surface area contributed by atoms with E-state index in [1.165, 1.54) is 13.0 Å². The van der Waals surface area contributed by atoms with Gasteiger partial charge in [-0.05, 0) is 56.2 Å². The fraction of sp³-hybridized carbons (Fsp3) is 0.464. The Labute approximate surface area is 212 Å². The van der Waals surface area contributed by atoms with E-state index in [9.17, 15) is 29.0 Å². The molecule has 3 atom stereocenters.